The summed E-state index contributed by atoms with van der Waals surface area (Å²) >= 11 is 6.42. The molecule has 2 rings (SSSR count). The van der Waals surface area contributed by atoms with Gasteiger partial charge >= 0.3 is 0 Å². The van der Waals surface area contributed by atoms with Crippen LogP contribution in [0.25, 0.3) is 6.08 Å². The monoisotopic (exact) mass is 240 g/mol. The largest absolute Gasteiger partial charge is 0.360 e. The van der Waals surface area contributed by atoms with E-state index >= 15 is 0 Å². The quantitative estimate of drug-likeness (QED) is 0.804. The Labute approximate surface area is 97.4 Å². The van der Waals surface area contributed by atoms with E-state index in [9.17, 15) is 0 Å². The first kappa shape index (κ1) is 10.5. The number of aliphatic imine (C=N–C) groups is 1. The minimum Gasteiger partial charge on any atom is -0.360 e. The summed E-state index contributed by atoms with van der Waals surface area (Å²) in [6.07, 6.45) is 5.06. The second kappa shape index (κ2) is 4.67. The van der Waals surface area contributed by atoms with Crippen LogP contribution in [0.5, 0.6) is 0 Å². The van der Waals surface area contributed by atoms with Gasteiger partial charge in [0.2, 0.25) is 0 Å². The predicted molar refractivity (Wildman–Crippen MR) is 65.9 cm³/mol. The van der Waals surface area contributed by atoms with Crippen molar-refractivity contribution in [3.8, 4) is 0 Å². The Hall–Kier alpha value is -1.01. The molecule has 15 heavy (non-hydrogen) atoms. The highest BCUT2D eigenvalue weighted by atomic mass is 32.1. The average Bonchev–Trinajstić information content (AvgIpc) is 2.63. The molecule has 0 unspecified atom stereocenters. The van der Waals surface area contributed by atoms with Gasteiger partial charge in [0.15, 0.2) is 3.95 Å². The lowest BCUT2D eigenvalue weighted by Crippen LogP contribution is -2.30. The fraction of sp³-hybridized carbons (Fsp3) is 0.444. The molecule has 0 radical (unpaired) electrons. The molecule has 0 saturated carbocycles. The second-order valence-electron chi connectivity index (χ2n) is 3.30. The van der Waals surface area contributed by atoms with Crippen molar-refractivity contribution >= 4 is 35.5 Å². The molecular formula is C9H12N4S2. The number of nitrogens with one attached hydrogen (secondary N) is 1. The van der Waals surface area contributed by atoms with Crippen LogP contribution in [-0.4, -0.2) is 41.1 Å². The molecule has 0 atom stereocenters. The number of H-pyrrole nitrogens is 1. The van der Waals surface area contributed by atoms with Crippen molar-refractivity contribution in [2.75, 3.05) is 20.1 Å². The van der Waals surface area contributed by atoms with E-state index < -0.39 is 0 Å². The molecule has 1 aromatic rings. The Morgan fingerprint density at radius 2 is 2.40 bits per heavy atom. The molecular weight excluding hydrogens is 228 g/mol. The van der Waals surface area contributed by atoms with Gasteiger partial charge in [-0.05, 0) is 30.8 Å². The third-order valence-corrected chi connectivity index (χ3v) is 3.20. The Kier molecular flexibility index (Phi) is 3.27. The molecule has 0 aromatic carbocycles. The normalized spacial score (nSPS) is 17.1. The first-order valence-corrected chi connectivity index (χ1v) is 5.97. The van der Waals surface area contributed by atoms with E-state index in [1.807, 2.05) is 12.2 Å². The van der Waals surface area contributed by atoms with Crippen LogP contribution in [0.2, 0.25) is 0 Å². The van der Waals surface area contributed by atoms with Gasteiger partial charge in [-0.2, -0.15) is 5.10 Å². The number of rotatable bonds is 2. The highest BCUT2D eigenvalue weighted by Crippen LogP contribution is 2.08. The number of aromatic nitrogens is 2. The first-order chi connectivity index (χ1) is 7.25. The summed E-state index contributed by atoms with van der Waals surface area (Å²) in [4.78, 5) is 6.57. The third-order valence-electron chi connectivity index (χ3n) is 2.15. The predicted octanol–water partition coefficient (Wildman–Crippen LogP) is 1.95. The van der Waals surface area contributed by atoms with Gasteiger partial charge in [-0.25, -0.2) is 0 Å². The van der Waals surface area contributed by atoms with Gasteiger partial charge in [0.05, 0.1) is 0 Å². The SMILES string of the molecule is CN1CCCN=C1/C=C/c1n[nH]c(=S)s1. The Morgan fingerprint density at radius 1 is 1.53 bits per heavy atom. The van der Waals surface area contributed by atoms with Crippen molar-refractivity contribution in [1.29, 1.82) is 0 Å². The van der Waals surface area contributed by atoms with Gasteiger partial charge in [0.25, 0.3) is 0 Å². The molecule has 0 fully saturated rings. The number of aromatic amines is 1. The van der Waals surface area contributed by atoms with Crippen molar-refractivity contribution in [2.45, 2.75) is 6.42 Å². The summed E-state index contributed by atoms with van der Waals surface area (Å²) in [5.74, 6) is 1.02. The molecule has 0 aliphatic carbocycles. The summed E-state index contributed by atoms with van der Waals surface area (Å²) in [5.41, 5.74) is 0. The Balaban J connectivity index is 2.11. The number of amidine groups is 1. The molecule has 0 amide bonds. The smallest absolute Gasteiger partial charge is 0.176 e. The van der Waals surface area contributed by atoms with Gasteiger partial charge in [-0.3, -0.25) is 10.1 Å². The van der Waals surface area contributed by atoms with E-state index in [1.165, 1.54) is 11.3 Å². The molecule has 4 nitrogen and oxygen atoms in total. The Morgan fingerprint density at radius 3 is 3.07 bits per heavy atom. The van der Waals surface area contributed by atoms with Gasteiger partial charge in [-0.1, -0.05) is 11.3 Å². The van der Waals surface area contributed by atoms with E-state index in [-0.39, 0.29) is 0 Å². The average molecular weight is 240 g/mol. The second-order valence-corrected chi connectivity index (χ2v) is 5.00. The van der Waals surface area contributed by atoms with Crippen molar-refractivity contribution in [2.24, 2.45) is 4.99 Å². The maximum absolute atomic E-state index is 4.95. The maximum atomic E-state index is 4.95. The zero-order chi connectivity index (χ0) is 10.7. The minimum absolute atomic E-state index is 0.702. The number of hydrogen-bond donors (Lipinski definition) is 1. The molecule has 1 aliphatic rings. The van der Waals surface area contributed by atoms with E-state index in [2.05, 4.69) is 27.1 Å². The molecule has 1 aromatic heterocycles. The van der Waals surface area contributed by atoms with Crippen LogP contribution >= 0.6 is 23.6 Å². The van der Waals surface area contributed by atoms with Crippen LogP contribution in [0.3, 0.4) is 0 Å². The van der Waals surface area contributed by atoms with E-state index in [0.29, 0.717) is 3.95 Å². The molecule has 0 bridgehead atoms. The van der Waals surface area contributed by atoms with E-state index in [0.717, 1.165) is 30.4 Å². The van der Waals surface area contributed by atoms with Crippen molar-refractivity contribution < 1.29 is 0 Å². The topological polar surface area (TPSA) is 44.3 Å². The maximum Gasteiger partial charge on any atom is 0.176 e. The number of hydrogen-bond acceptors (Lipinski definition) is 5. The van der Waals surface area contributed by atoms with Gasteiger partial charge in [0, 0.05) is 20.1 Å². The van der Waals surface area contributed by atoms with Crippen LogP contribution in [-0.2, 0) is 0 Å². The molecule has 80 valence electrons. The fourth-order valence-corrected chi connectivity index (χ4v) is 2.19. The summed E-state index contributed by atoms with van der Waals surface area (Å²) in [5, 5.41) is 7.69. The molecule has 2 heterocycles. The summed E-state index contributed by atoms with van der Waals surface area (Å²) in [6.45, 7) is 1.99. The highest BCUT2D eigenvalue weighted by molar-refractivity contribution is 7.73. The number of likely N-dealkylation sites (N-methyl/N-ethyl adjacent to an activating group) is 1. The van der Waals surface area contributed by atoms with E-state index in [4.69, 9.17) is 12.2 Å². The lowest BCUT2D eigenvalue weighted by Gasteiger charge is -2.22. The zero-order valence-electron chi connectivity index (χ0n) is 8.43. The van der Waals surface area contributed by atoms with Gasteiger partial charge in [-0.15, -0.1) is 0 Å². The standard InChI is InChI=1S/C9H12N4S2/c1-13-6-2-5-10-7(13)3-4-8-11-12-9(14)15-8/h3-4H,2,5-6H2,1H3,(H,12,14)/b4-3+. The van der Waals surface area contributed by atoms with Crippen LogP contribution < -0.4 is 0 Å². The lowest BCUT2D eigenvalue weighted by molar-refractivity contribution is 0.470. The van der Waals surface area contributed by atoms with Crippen molar-refractivity contribution in [1.82, 2.24) is 15.1 Å². The summed E-state index contributed by atoms with van der Waals surface area (Å²) in [6, 6.07) is 0. The molecule has 6 heteroatoms. The van der Waals surface area contributed by atoms with E-state index in [1.54, 1.807) is 0 Å². The molecule has 1 aliphatic heterocycles. The number of nitrogens with zero attached hydrogens (tertiary/aromatic N) is 3. The summed E-state index contributed by atoms with van der Waals surface area (Å²) < 4.78 is 0.702. The van der Waals surface area contributed by atoms with Crippen LogP contribution in [0.4, 0.5) is 0 Å². The van der Waals surface area contributed by atoms with Crippen LogP contribution in [0.1, 0.15) is 11.4 Å². The van der Waals surface area contributed by atoms with Gasteiger partial charge < -0.3 is 4.90 Å². The highest BCUT2D eigenvalue weighted by Gasteiger charge is 2.07. The minimum atomic E-state index is 0.702. The first-order valence-electron chi connectivity index (χ1n) is 4.75. The van der Waals surface area contributed by atoms with Crippen LogP contribution in [0.15, 0.2) is 11.1 Å². The molecule has 1 N–H and O–H groups in total. The van der Waals surface area contributed by atoms with Crippen molar-refractivity contribution in [3.63, 3.8) is 0 Å². The molecule has 0 saturated heterocycles. The Bertz CT molecular complexity index is 443. The van der Waals surface area contributed by atoms with Crippen LogP contribution in [0, 0.1) is 3.95 Å². The fourth-order valence-electron chi connectivity index (χ4n) is 1.38. The zero-order valence-corrected chi connectivity index (χ0v) is 10.1. The molecule has 0 spiro atoms. The third kappa shape index (κ3) is 2.73. The lowest BCUT2D eigenvalue weighted by atomic mass is 10.3. The summed E-state index contributed by atoms with van der Waals surface area (Å²) in [7, 11) is 2.05. The van der Waals surface area contributed by atoms with Gasteiger partial charge in [0.1, 0.15) is 10.8 Å². The van der Waals surface area contributed by atoms with Crippen molar-refractivity contribution in [3.05, 3.63) is 15.0 Å².